The van der Waals surface area contributed by atoms with Gasteiger partial charge in [-0.15, -0.1) is 0 Å². The second kappa shape index (κ2) is 10.4. The van der Waals surface area contributed by atoms with Crippen LogP contribution in [0.5, 0.6) is 11.5 Å². The number of hydrogen-bond donors (Lipinski definition) is 4. The van der Waals surface area contributed by atoms with E-state index in [0.717, 1.165) is 38.8 Å². The van der Waals surface area contributed by atoms with Crippen molar-refractivity contribution in [1.29, 1.82) is 0 Å². The molecule has 1 saturated heterocycles. The third-order valence-corrected chi connectivity index (χ3v) is 7.94. The van der Waals surface area contributed by atoms with Gasteiger partial charge in [0, 0.05) is 29.0 Å². The van der Waals surface area contributed by atoms with Crippen molar-refractivity contribution in [3.63, 3.8) is 0 Å². The van der Waals surface area contributed by atoms with Gasteiger partial charge in [0.05, 0.1) is 6.04 Å². The number of anilines is 1. The number of amides is 1. The Hall–Kier alpha value is -2.57. The fraction of sp³-hybridized carbons (Fsp3) is 0.455. The number of phenolic OH excluding ortho intramolecular Hbond substituents is 2. The van der Waals surface area contributed by atoms with Gasteiger partial charge >= 0.3 is 0 Å². The molecule has 2 aromatic heterocycles. The maximum atomic E-state index is 12.3. The number of aromatic hydroxyl groups is 2. The minimum absolute atomic E-state index is 0.0129. The van der Waals surface area contributed by atoms with Crippen molar-refractivity contribution in [2.75, 3.05) is 18.8 Å². The number of piperidine rings is 1. The molecule has 1 amide bonds. The minimum atomic E-state index is -0.473. The quantitative estimate of drug-likeness (QED) is 0.325. The SMILES string of the molecule is C[C@@H](N)C(=O)N1CCCC(CCCn2c(Sc3cc(O)c(O)cc3Br)nc3c(N)ncnc32)C1. The van der Waals surface area contributed by atoms with E-state index in [9.17, 15) is 15.0 Å². The molecule has 3 heterocycles. The van der Waals surface area contributed by atoms with E-state index in [0.29, 0.717) is 44.0 Å². The van der Waals surface area contributed by atoms with Crippen LogP contribution in [-0.2, 0) is 11.3 Å². The van der Waals surface area contributed by atoms with Crippen molar-refractivity contribution in [3.05, 3.63) is 22.9 Å². The number of likely N-dealkylation sites (tertiary alicyclic amines) is 1. The molecule has 2 atom stereocenters. The number of benzene rings is 1. The molecular weight excluding hydrogens is 522 g/mol. The molecular formula is C22H28BrN7O3S. The first kappa shape index (κ1) is 24.6. The van der Waals surface area contributed by atoms with E-state index < -0.39 is 6.04 Å². The standard InChI is InChI=1S/C22H28BrN7O3S/c1-12(24)21(33)29-6-2-4-13(10-29)5-3-7-30-20-18(19(25)26-11-27-20)28-22(30)34-17-9-16(32)15(31)8-14(17)23/h8-9,11-13,31-32H,2-7,10,24H2,1H3,(H2,25,26,27)/t12-,13?/m1/s1. The van der Waals surface area contributed by atoms with Crippen LogP contribution in [0.25, 0.3) is 11.2 Å². The summed E-state index contributed by atoms with van der Waals surface area (Å²) in [6.45, 7) is 3.90. The number of fused-ring (bicyclic) bond motifs is 1. The molecule has 10 nitrogen and oxygen atoms in total. The second-order valence-electron chi connectivity index (χ2n) is 8.57. The van der Waals surface area contributed by atoms with Crippen LogP contribution in [0, 0.1) is 5.92 Å². The third kappa shape index (κ3) is 5.23. The smallest absolute Gasteiger partial charge is 0.239 e. The highest BCUT2D eigenvalue weighted by Gasteiger charge is 2.25. The van der Waals surface area contributed by atoms with Crippen molar-refractivity contribution in [3.8, 4) is 11.5 Å². The van der Waals surface area contributed by atoms with E-state index in [1.165, 1.54) is 30.2 Å². The van der Waals surface area contributed by atoms with Crippen molar-refractivity contribution in [1.82, 2.24) is 24.4 Å². The summed E-state index contributed by atoms with van der Waals surface area (Å²) >= 11 is 4.77. The summed E-state index contributed by atoms with van der Waals surface area (Å²) in [7, 11) is 0. The van der Waals surface area contributed by atoms with Gasteiger partial charge in [-0.1, -0.05) is 11.8 Å². The van der Waals surface area contributed by atoms with Gasteiger partial charge in [-0.05, 0) is 66.6 Å². The molecule has 0 spiro atoms. The summed E-state index contributed by atoms with van der Waals surface area (Å²) in [6, 6.07) is 2.45. The lowest BCUT2D eigenvalue weighted by Crippen LogP contribution is -2.46. The average molecular weight is 550 g/mol. The van der Waals surface area contributed by atoms with Crippen LogP contribution in [-0.4, -0.2) is 59.7 Å². The Morgan fingerprint density at radius 3 is 2.85 bits per heavy atom. The van der Waals surface area contributed by atoms with Crippen LogP contribution in [0.1, 0.15) is 32.6 Å². The van der Waals surface area contributed by atoms with Gasteiger partial charge in [0.25, 0.3) is 0 Å². The van der Waals surface area contributed by atoms with E-state index in [1.807, 2.05) is 9.47 Å². The molecule has 12 heteroatoms. The van der Waals surface area contributed by atoms with Crippen molar-refractivity contribution in [2.45, 2.75) is 55.2 Å². The molecule has 1 aliphatic heterocycles. The van der Waals surface area contributed by atoms with Gasteiger partial charge in [-0.2, -0.15) is 0 Å². The number of nitrogens with two attached hydrogens (primary N) is 2. The Bertz CT molecular complexity index is 1200. The summed E-state index contributed by atoms with van der Waals surface area (Å²) < 4.78 is 2.63. The highest BCUT2D eigenvalue weighted by atomic mass is 79.9. The van der Waals surface area contributed by atoms with Crippen molar-refractivity contribution in [2.24, 2.45) is 11.7 Å². The summed E-state index contributed by atoms with van der Waals surface area (Å²) in [5.74, 6) is 0.319. The van der Waals surface area contributed by atoms with Crippen LogP contribution in [0.2, 0.25) is 0 Å². The van der Waals surface area contributed by atoms with Crippen molar-refractivity contribution < 1.29 is 15.0 Å². The Morgan fingerprint density at radius 1 is 1.32 bits per heavy atom. The molecule has 0 saturated carbocycles. The Morgan fingerprint density at radius 2 is 2.09 bits per heavy atom. The lowest BCUT2D eigenvalue weighted by molar-refractivity contribution is -0.134. The highest BCUT2D eigenvalue weighted by molar-refractivity contribution is 9.10. The van der Waals surface area contributed by atoms with Crippen molar-refractivity contribution >= 4 is 50.6 Å². The highest BCUT2D eigenvalue weighted by Crippen LogP contribution is 2.40. The van der Waals surface area contributed by atoms with Crippen LogP contribution in [0.3, 0.4) is 0 Å². The zero-order valence-corrected chi connectivity index (χ0v) is 21.2. The van der Waals surface area contributed by atoms with E-state index in [1.54, 1.807) is 6.92 Å². The summed E-state index contributed by atoms with van der Waals surface area (Å²) in [4.78, 5) is 28.0. The molecule has 0 radical (unpaired) electrons. The molecule has 1 aromatic carbocycles. The lowest BCUT2D eigenvalue weighted by Gasteiger charge is -2.33. The number of aromatic nitrogens is 4. The number of carbonyl (C=O) groups is 1. The fourth-order valence-corrected chi connectivity index (χ4v) is 5.77. The number of halogens is 1. The monoisotopic (exact) mass is 549 g/mol. The van der Waals surface area contributed by atoms with Gasteiger partial charge in [-0.3, -0.25) is 4.79 Å². The molecule has 182 valence electrons. The maximum absolute atomic E-state index is 12.3. The van der Waals surface area contributed by atoms with Gasteiger partial charge in [0.1, 0.15) is 6.33 Å². The summed E-state index contributed by atoms with van der Waals surface area (Å²) in [5.41, 5.74) is 13.0. The first-order chi connectivity index (χ1) is 16.2. The second-order valence-corrected chi connectivity index (χ2v) is 10.4. The summed E-state index contributed by atoms with van der Waals surface area (Å²) in [6.07, 6.45) is 5.32. The van der Waals surface area contributed by atoms with E-state index in [2.05, 4.69) is 30.9 Å². The average Bonchev–Trinajstić information content (AvgIpc) is 3.15. The molecule has 6 N–H and O–H groups in total. The predicted octanol–water partition coefficient (Wildman–Crippen LogP) is 3.10. The first-order valence-corrected chi connectivity index (χ1v) is 12.8. The molecule has 1 aliphatic rings. The van der Waals surface area contributed by atoms with Crippen LogP contribution < -0.4 is 11.5 Å². The van der Waals surface area contributed by atoms with Crippen LogP contribution >= 0.6 is 27.7 Å². The Kier molecular flexibility index (Phi) is 7.48. The zero-order valence-electron chi connectivity index (χ0n) is 18.8. The summed E-state index contributed by atoms with van der Waals surface area (Å²) in [5, 5.41) is 20.3. The molecule has 34 heavy (non-hydrogen) atoms. The Labute approximate surface area is 209 Å². The topological polar surface area (TPSA) is 156 Å². The van der Waals surface area contributed by atoms with E-state index >= 15 is 0 Å². The largest absolute Gasteiger partial charge is 0.504 e. The van der Waals surface area contributed by atoms with Gasteiger partial charge in [0.2, 0.25) is 5.91 Å². The number of rotatable bonds is 7. The molecule has 0 bridgehead atoms. The molecule has 3 aromatic rings. The van der Waals surface area contributed by atoms with Gasteiger partial charge in [-0.25, -0.2) is 15.0 Å². The number of carbonyl (C=O) groups excluding carboxylic acids is 1. The number of aryl methyl sites for hydroxylation is 1. The number of nitrogen functional groups attached to an aromatic ring is 1. The molecule has 4 rings (SSSR count). The van der Waals surface area contributed by atoms with Crippen LogP contribution in [0.15, 0.2) is 33.0 Å². The predicted molar refractivity (Wildman–Crippen MR) is 134 cm³/mol. The Balaban J connectivity index is 1.52. The maximum Gasteiger partial charge on any atom is 0.239 e. The minimum Gasteiger partial charge on any atom is -0.504 e. The number of phenols is 2. The van der Waals surface area contributed by atoms with E-state index in [-0.39, 0.29) is 17.4 Å². The number of imidazole rings is 1. The molecule has 1 fully saturated rings. The number of nitrogens with zero attached hydrogens (tertiary/aromatic N) is 5. The first-order valence-electron chi connectivity index (χ1n) is 11.1. The van der Waals surface area contributed by atoms with Gasteiger partial charge in [0.15, 0.2) is 33.6 Å². The number of hydrogen-bond acceptors (Lipinski definition) is 9. The molecule has 0 aliphatic carbocycles. The third-order valence-electron chi connectivity index (χ3n) is 5.97. The zero-order chi connectivity index (χ0) is 24.4. The normalized spacial score (nSPS) is 17.3. The van der Waals surface area contributed by atoms with Crippen LogP contribution in [0.4, 0.5) is 5.82 Å². The lowest BCUT2D eigenvalue weighted by atomic mass is 9.93. The molecule has 1 unspecified atom stereocenters. The van der Waals surface area contributed by atoms with Gasteiger partial charge < -0.3 is 31.1 Å². The fourth-order valence-electron chi connectivity index (χ4n) is 4.25. The van der Waals surface area contributed by atoms with E-state index in [4.69, 9.17) is 11.5 Å².